The molecule has 0 radical (unpaired) electrons. The fourth-order valence-corrected chi connectivity index (χ4v) is 3.39. The summed E-state index contributed by atoms with van der Waals surface area (Å²) in [5.41, 5.74) is -0.444. The lowest BCUT2D eigenvalue weighted by atomic mass is 9.75. The van der Waals surface area contributed by atoms with Crippen LogP contribution in [-0.2, 0) is 0 Å². The van der Waals surface area contributed by atoms with Crippen molar-refractivity contribution in [2.45, 2.75) is 140 Å². The van der Waals surface area contributed by atoms with Crippen molar-refractivity contribution >= 4 is 0 Å². The zero-order valence-electron chi connectivity index (χ0n) is 19.3. The van der Waals surface area contributed by atoms with E-state index in [1.165, 1.54) is 64.2 Å². The normalized spacial score (nSPS) is 27.9. The molecule has 2 fully saturated rings. The van der Waals surface area contributed by atoms with Gasteiger partial charge in [-0.1, -0.05) is 107 Å². The Morgan fingerprint density at radius 3 is 1.00 bits per heavy atom. The van der Waals surface area contributed by atoms with E-state index in [2.05, 4.69) is 48.5 Å². The van der Waals surface area contributed by atoms with Crippen molar-refractivity contribution < 1.29 is 5.11 Å². The molecule has 0 aromatic carbocycles. The predicted molar refractivity (Wildman–Crippen MR) is 123 cm³/mol. The maximum absolute atomic E-state index is 9.73. The van der Waals surface area contributed by atoms with Crippen molar-refractivity contribution in [1.82, 2.24) is 0 Å². The van der Waals surface area contributed by atoms with Gasteiger partial charge in [0.15, 0.2) is 0 Å². The van der Waals surface area contributed by atoms with Crippen molar-refractivity contribution in [2.75, 3.05) is 0 Å². The summed E-state index contributed by atoms with van der Waals surface area (Å²) in [7, 11) is 0. The summed E-state index contributed by atoms with van der Waals surface area (Å²) in [4.78, 5) is 0. The zero-order valence-corrected chi connectivity index (χ0v) is 19.3. The molecule has 0 aromatic rings. The highest BCUT2D eigenvalue weighted by molar-refractivity contribution is 4.81. The van der Waals surface area contributed by atoms with E-state index in [1.54, 1.807) is 0 Å². The fraction of sp³-hybridized carbons (Fsp3) is 1.00. The lowest BCUT2D eigenvalue weighted by Crippen LogP contribution is -2.33. The van der Waals surface area contributed by atoms with Gasteiger partial charge in [-0.15, -0.1) is 0 Å². The quantitative estimate of drug-likeness (QED) is 0.487. The first kappa shape index (κ1) is 30.7. The van der Waals surface area contributed by atoms with Gasteiger partial charge in [0.2, 0.25) is 0 Å². The SMILES string of the molecule is C.CC1CCC(C(C)(C)O)CC1.CC1CCC(C)CC1.CCC.CCC. The molecule has 0 aromatic heterocycles. The number of aliphatic hydroxyl groups is 1. The van der Waals surface area contributed by atoms with E-state index in [1.807, 2.05) is 13.8 Å². The highest BCUT2D eigenvalue weighted by Crippen LogP contribution is 2.34. The molecule has 0 unspecified atom stereocenters. The van der Waals surface area contributed by atoms with Gasteiger partial charge in [0.05, 0.1) is 5.60 Å². The minimum atomic E-state index is -0.444. The monoisotopic (exact) mass is 372 g/mol. The summed E-state index contributed by atoms with van der Waals surface area (Å²) in [6.45, 7) is 19.4. The highest BCUT2D eigenvalue weighted by atomic mass is 16.3. The molecule has 0 bridgehead atoms. The summed E-state index contributed by atoms with van der Waals surface area (Å²) in [5.74, 6) is 3.46. The van der Waals surface area contributed by atoms with Crippen molar-refractivity contribution in [1.29, 1.82) is 0 Å². The number of hydrogen-bond acceptors (Lipinski definition) is 1. The minimum absolute atomic E-state index is 0. The highest BCUT2D eigenvalue weighted by Gasteiger charge is 2.29. The lowest BCUT2D eigenvalue weighted by Gasteiger charge is -2.34. The van der Waals surface area contributed by atoms with Crippen LogP contribution in [0.3, 0.4) is 0 Å². The fourth-order valence-electron chi connectivity index (χ4n) is 3.39. The second-order valence-corrected chi connectivity index (χ2v) is 9.39. The third kappa shape index (κ3) is 18.7. The molecular formula is C25H56O. The third-order valence-corrected chi connectivity index (χ3v) is 5.32. The summed E-state index contributed by atoms with van der Waals surface area (Å²) in [5, 5.41) is 9.73. The molecule has 1 nitrogen and oxygen atoms in total. The van der Waals surface area contributed by atoms with Crippen LogP contribution < -0.4 is 0 Å². The molecule has 2 saturated carbocycles. The van der Waals surface area contributed by atoms with Gasteiger partial charge in [-0.05, 0) is 50.4 Å². The largest absolute Gasteiger partial charge is 0.390 e. The van der Waals surface area contributed by atoms with E-state index in [0.717, 1.165) is 17.8 Å². The Labute approximate surface area is 168 Å². The minimum Gasteiger partial charge on any atom is -0.390 e. The summed E-state index contributed by atoms with van der Waals surface area (Å²) >= 11 is 0. The molecule has 1 heteroatoms. The van der Waals surface area contributed by atoms with E-state index in [0.29, 0.717) is 5.92 Å². The topological polar surface area (TPSA) is 20.2 Å². The summed E-state index contributed by atoms with van der Waals surface area (Å²) < 4.78 is 0. The molecule has 0 atom stereocenters. The van der Waals surface area contributed by atoms with E-state index < -0.39 is 5.60 Å². The molecule has 0 spiro atoms. The van der Waals surface area contributed by atoms with E-state index in [4.69, 9.17) is 0 Å². The zero-order chi connectivity index (χ0) is 19.9. The Kier molecular flexibility index (Phi) is 21.6. The Morgan fingerprint density at radius 1 is 0.615 bits per heavy atom. The van der Waals surface area contributed by atoms with Gasteiger partial charge in [0.1, 0.15) is 0 Å². The second kappa shape index (κ2) is 18.3. The molecule has 162 valence electrons. The van der Waals surface area contributed by atoms with Crippen LogP contribution in [0.5, 0.6) is 0 Å². The first-order valence-corrected chi connectivity index (χ1v) is 11.3. The molecule has 2 aliphatic carbocycles. The maximum atomic E-state index is 9.73. The molecule has 2 aliphatic rings. The van der Waals surface area contributed by atoms with E-state index >= 15 is 0 Å². The third-order valence-electron chi connectivity index (χ3n) is 5.32. The molecule has 1 N–H and O–H groups in total. The molecule has 26 heavy (non-hydrogen) atoms. The van der Waals surface area contributed by atoms with E-state index in [-0.39, 0.29) is 7.43 Å². The Morgan fingerprint density at radius 2 is 0.808 bits per heavy atom. The van der Waals surface area contributed by atoms with Crippen molar-refractivity contribution in [3.8, 4) is 0 Å². The Bertz CT molecular complexity index is 238. The molecule has 0 saturated heterocycles. The van der Waals surface area contributed by atoms with Gasteiger partial charge in [0.25, 0.3) is 0 Å². The second-order valence-electron chi connectivity index (χ2n) is 9.39. The average molecular weight is 373 g/mol. The molecule has 2 rings (SSSR count). The number of rotatable bonds is 1. The van der Waals surface area contributed by atoms with Crippen molar-refractivity contribution in [3.63, 3.8) is 0 Å². The van der Waals surface area contributed by atoms with Crippen molar-refractivity contribution in [3.05, 3.63) is 0 Å². The van der Waals surface area contributed by atoms with E-state index in [9.17, 15) is 5.11 Å². The molecule has 0 amide bonds. The predicted octanol–water partition coefficient (Wildman–Crippen LogP) is 8.88. The smallest absolute Gasteiger partial charge is 0.0619 e. The van der Waals surface area contributed by atoms with Gasteiger partial charge in [-0.2, -0.15) is 0 Å². The standard InChI is InChI=1S/C10H20O.C8H16.2C3H8.CH4/c1-8-4-6-9(7-5-8)10(2,3)11;1-7-3-5-8(2)6-4-7;2*1-3-2;/h8-9,11H,4-7H2,1-3H3;7-8H,3-6H2,1-2H3;2*3H2,1-2H3;1H4. The Balaban J connectivity index is -0.000000311. The molecular weight excluding hydrogens is 316 g/mol. The first-order valence-electron chi connectivity index (χ1n) is 11.3. The number of hydrogen-bond donors (Lipinski definition) is 1. The maximum Gasteiger partial charge on any atom is 0.0619 e. The Hall–Kier alpha value is -0.0400. The average Bonchev–Trinajstić information content (AvgIpc) is 2.52. The van der Waals surface area contributed by atoms with Gasteiger partial charge in [-0.3, -0.25) is 0 Å². The van der Waals surface area contributed by atoms with Crippen LogP contribution in [0.15, 0.2) is 0 Å². The summed E-state index contributed by atoms with van der Waals surface area (Å²) in [6, 6.07) is 0. The molecule has 0 aliphatic heterocycles. The summed E-state index contributed by atoms with van der Waals surface area (Å²) in [6.07, 6.45) is 13.4. The van der Waals surface area contributed by atoms with Crippen LogP contribution in [0.2, 0.25) is 0 Å². The van der Waals surface area contributed by atoms with Crippen molar-refractivity contribution in [2.24, 2.45) is 23.7 Å². The van der Waals surface area contributed by atoms with Gasteiger partial charge < -0.3 is 5.11 Å². The first-order chi connectivity index (χ1) is 11.6. The van der Waals surface area contributed by atoms with Gasteiger partial charge >= 0.3 is 0 Å². The van der Waals surface area contributed by atoms with Crippen LogP contribution in [0.4, 0.5) is 0 Å². The van der Waals surface area contributed by atoms with Crippen LogP contribution in [0.1, 0.15) is 134 Å². The van der Waals surface area contributed by atoms with Crippen LogP contribution >= 0.6 is 0 Å². The van der Waals surface area contributed by atoms with Crippen LogP contribution in [-0.4, -0.2) is 10.7 Å². The van der Waals surface area contributed by atoms with Crippen LogP contribution in [0, 0.1) is 23.7 Å². The lowest BCUT2D eigenvalue weighted by molar-refractivity contribution is -0.00466. The van der Waals surface area contributed by atoms with Gasteiger partial charge in [-0.25, -0.2) is 0 Å². The molecule has 0 heterocycles. The van der Waals surface area contributed by atoms with Gasteiger partial charge in [0, 0.05) is 0 Å². The van der Waals surface area contributed by atoms with Crippen LogP contribution in [0.25, 0.3) is 0 Å².